The topological polar surface area (TPSA) is 43.8 Å². The van der Waals surface area contributed by atoms with Crippen molar-refractivity contribution in [2.24, 2.45) is 5.73 Å². The molecule has 2 rings (SSSR count). The van der Waals surface area contributed by atoms with Gasteiger partial charge in [-0.25, -0.2) is 0 Å². The minimum atomic E-state index is 0.634. The van der Waals surface area contributed by atoms with Gasteiger partial charge in [-0.1, -0.05) is 25.1 Å². The molecule has 2 aromatic rings. The van der Waals surface area contributed by atoms with E-state index in [0.29, 0.717) is 6.54 Å². The third-order valence-corrected chi connectivity index (χ3v) is 2.41. The summed E-state index contributed by atoms with van der Waals surface area (Å²) in [6, 6.07) is 8.30. The normalized spacial score (nSPS) is 11.0. The number of nitrogens with two attached hydrogens (primary N) is 1. The summed E-state index contributed by atoms with van der Waals surface area (Å²) in [4.78, 5) is 0. The van der Waals surface area contributed by atoms with Crippen LogP contribution in [0.15, 0.2) is 24.3 Å². The molecule has 3 heteroatoms. The van der Waals surface area contributed by atoms with Gasteiger partial charge in [0.2, 0.25) is 0 Å². The summed E-state index contributed by atoms with van der Waals surface area (Å²) in [5, 5.41) is 5.79. The van der Waals surface area contributed by atoms with E-state index in [2.05, 4.69) is 30.2 Å². The summed E-state index contributed by atoms with van der Waals surface area (Å²) in [7, 11) is 0. The third kappa shape index (κ3) is 1.40. The highest BCUT2D eigenvalue weighted by Crippen LogP contribution is 2.18. The predicted molar refractivity (Wildman–Crippen MR) is 58.2 cm³/mol. The molecule has 0 bridgehead atoms. The molecule has 3 nitrogen and oxygen atoms in total. The molecule has 1 heterocycles. The summed E-state index contributed by atoms with van der Waals surface area (Å²) in [5.41, 5.74) is 7.89. The number of hydrogen-bond acceptors (Lipinski definition) is 2. The van der Waals surface area contributed by atoms with Gasteiger partial charge in [-0.15, -0.1) is 0 Å². The third-order valence-electron chi connectivity index (χ3n) is 2.41. The lowest BCUT2D eigenvalue weighted by Gasteiger charge is -1.98. The van der Waals surface area contributed by atoms with Crippen molar-refractivity contribution in [1.29, 1.82) is 0 Å². The zero-order chi connectivity index (χ0) is 9.97. The van der Waals surface area contributed by atoms with Gasteiger partial charge in [0.05, 0.1) is 17.8 Å². The maximum Gasteiger partial charge on any atom is 0.0700 e. The Hall–Kier alpha value is -1.35. The molecule has 1 aromatic carbocycles. The highest BCUT2D eigenvalue weighted by Gasteiger charge is 2.06. The van der Waals surface area contributed by atoms with E-state index in [0.717, 1.165) is 18.7 Å². The second kappa shape index (κ2) is 3.80. The lowest BCUT2D eigenvalue weighted by atomic mass is 10.2. The molecule has 0 aliphatic rings. The van der Waals surface area contributed by atoms with E-state index < -0.39 is 0 Å². The van der Waals surface area contributed by atoms with Gasteiger partial charge in [-0.05, 0) is 12.5 Å². The Morgan fingerprint density at radius 1 is 1.36 bits per heavy atom. The Bertz CT molecular complexity index is 431. The van der Waals surface area contributed by atoms with Crippen LogP contribution in [0.1, 0.15) is 12.6 Å². The molecule has 74 valence electrons. The van der Waals surface area contributed by atoms with E-state index in [9.17, 15) is 0 Å². The second-order valence-corrected chi connectivity index (χ2v) is 3.33. The minimum Gasteiger partial charge on any atom is -0.329 e. The van der Waals surface area contributed by atoms with Crippen LogP contribution < -0.4 is 5.73 Å². The molecule has 14 heavy (non-hydrogen) atoms. The van der Waals surface area contributed by atoms with Crippen molar-refractivity contribution in [1.82, 2.24) is 9.78 Å². The molecule has 0 radical (unpaired) electrons. The highest BCUT2D eigenvalue weighted by molar-refractivity contribution is 5.81. The van der Waals surface area contributed by atoms with E-state index in [1.165, 1.54) is 10.9 Å². The van der Waals surface area contributed by atoms with Gasteiger partial charge in [-0.2, -0.15) is 5.10 Å². The summed E-state index contributed by atoms with van der Waals surface area (Å²) < 4.78 is 1.99. The first-order valence-electron chi connectivity index (χ1n) is 5.01. The summed E-state index contributed by atoms with van der Waals surface area (Å²) in [5.74, 6) is 0. The summed E-state index contributed by atoms with van der Waals surface area (Å²) in [6.45, 7) is 3.55. The molecular formula is C11H15N3. The zero-order valence-corrected chi connectivity index (χ0v) is 8.40. The van der Waals surface area contributed by atoms with Gasteiger partial charge >= 0.3 is 0 Å². The van der Waals surface area contributed by atoms with E-state index in [4.69, 9.17) is 5.73 Å². The fourth-order valence-electron chi connectivity index (χ4n) is 1.75. The molecule has 1 aromatic heterocycles. The van der Waals surface area contributed by atoms with Crippen LogP contribution in [-0.2, 0) is 13.0 Å². The molecule has 0 spiro atoms. The van der Waals surface area contributed by atoms with Gasteiger partial charge in [-0.3, -0.25) is 4.68 Å². The van der Waals surface area contributed by atoms with E-state index >= 15 is 0 Å². The molecular weight excluding hydrogens is 174 g/mol. The molecule has 0 aliphatic carbocycles. The van der Waals surface area contributed by atoms with Gasteiger partial charge in [0.25, 0.3) is 0 Å². The van der Waals surface area contributed by atoms with Crippen LogP contribution >= 0.6 is 0 Å². The lowest BCUT2D eigenvalue weighted by molar-refractivity contribution is 0.635. The zero-order valence-electron chi connectivity index (χ0n) is 8.40. The molecule has 0 unspecified atom stereocenters. The van der Waals surface area contributed by atoms with Crippen molar-refractivity contribution in [2.45, 2.75) is 19.9 Å². The van der Waals surface area contributed by atoms with Gasteiger partial charge in [0.1, 0.15) is 0 Å². The van der Waals surface area contributed by atoms with Crippen LogP contribution in [0.5, 0.6) is 0 Å². The van der Waals surface area contributed by atoms with Crippen LogP contribution in [0.25, 0.3) is 10.9 Å². The smallest absolute Gasteiger partial charge is 0.0700 e. The minimum absolute atomic E-state index is 0.634. The first-order valence-corrected chi connectivity index (χ1v) is 5.01. The number of fused-ring (bicyclic) bond motifs is 1. The van der Waals surface area contributed by atoms with Crippen molar-refractivity contribution in [3.8, 4) is 0 Å². The standard InChI is InChI=1S/C11H15N3/c1-2-10-9-5-3-4-6-11(9)14(13-10)8-7-12/h3-6H,2,7-8,12H2,1H3. The number of benzene rings is 1. The second-order valence-electron chi connectivity index (χ2n) is 3.33. The molecule has 0 fully saturated rings. The average Bonchev–Trinajstić information content (AvgIpc) is 2.58. The van der Waals surface area contributed by atoms with Crippen LogP contribution in [0.3, 0.4) is 0 Å². The van der Waals surface area contributed by atoms with Gasteiger partial charge in [0, 0.05) is 11.9 Å². The summed E-state index contributed by atoms with van der Waals surface area (Å²) in [6.07, 6.45) is 0.970. The number of aryl methyl sites for hydroxylation is 1. The van der Waals surface area contributed by atoms with Crippen molar-refractivity contribution in [3.05, 3.63) is 30.0 Å². The maximum atomic E-state index is 5.54. The fraction of sp³-hybridized carbons (Fsp3) is 0.364. The monoisotopic (exact) mass is 189 g/mol. The molecule has 0 aliphatic heterocycles. The lowest BCUT2D eigenvalue weighted by Crippen LogP contribution is -2.11. The maximum absolute atomic E-state index is 5.54. The molecule has 0 saturated heterocycles. The van der Waals surface area contributed by atoms with E-state index in [1.54, 1.807) is 0 Å². The fourth-order valence-corrected chi connectivity index (χ4v) is 1.75. The Morgan fingerprint density at radius 2 is 2.14 bits per heavy atom. The molecule has 0 saturated carbocycles. The van der Waals surface area contributed by atoms with Gasteiger partial charge < -0.3 is 5.73 Å². The van der Waals surface area contributed by atoms with Crippen molar-refractivity contribution in [2.75, 3.05) is 6.54 Å². The molecule has 0 amide bonds. The number of aromatic nitrogens is 2. The largest absolute Gasteiger partial charge is 0.329 e. The molecule has 2 N–H and O–H groups in total. The first-order chi connectivity index (χ1) is 6.86. The van der Waals surface area contributed by atoms with Crippen LogP contribution in [-0.4, -0.2) is 16.3 Å². The van der Waals surface area contributed by atoms with Crippen LogP contribution in [0.2, 0.25) is 0 Å². The van der Waals surface area contributed by atoms with Crippen molar-refractivity contribution < 1.29 is 0 Å². The Balaban J connectivity index is 2.61. The Labute approximate surface area is 83.5 Å². The highest BCUT2D eigenvalue weighted by atomic mass is 15.3. The van der Waals surface area contributed by atoms with Gasteiger partial charge in [0.15, 0.2) is 0 Å². The quantitative estimate of drug-likeness (QED) is 0.796. The number of hydrogen-bond donors (Lipinski definition) is 1. The van der Waals surface area contributed by atoms with Crippen LogP contribution in [0.4, 0.5) is 0 Å². The number of para-hydroxylation sites is 1. The average molecular weight is 189 g/mol. The van der Waals surface area contributed by atoms with Crippen molar-refractivity contribution >= 4 is 10.9 Å². The summed E-state index contributed by atoms with van der Waals surface area (Å²) >= 11 is 0. The predicted octanol–water partition coefficient (Wildman–Crippen LogP) is 1.56. The van der Waals surface area contributed by atoms with Crippen LogP contribution in [0, 0.1) is 0 Å². The van der Waals surface area contributed by atoms with E-state index in [-0.39, 0.29) is 0 Å². The first kappa shape index (κ1) is 9.21. The molecule has 0 atom stereocenters. The van der Waals surface area contributed by atoms with Crippen molar-refractivity contribution in [3.63, 3.8) is 0 Å². The SMILES string of the molecule is CCc1nn(CCN)c2ccccc12. The Morgan fingerprint density at radius 3 is 2.86 bits per heavy atom. The van der Waals surface area contributed by atoms with E-state index in [1.807, 2.05) is 10.7 Å². The Kier molecular flexibility index (Phi) is 2.50. The number of nitrogens with zero attached hydrogens (tertiary/aromatic N) is 2. The number of rotatable bonds is 3.